The number of aliphatic carboxylic acids is 1. The van der Waals surface area contributed by atoms with Crippen LogP contribution in [0.3, 0.4) is 0 Å². The minimum Gasteiger partial charge on any atom is -0.481 e. The van der Waals surface area contributed by atoms with Gasteiger partial charge < -0.3 is 5.11 Å². The molecule has 3 aromatic carbocycles. The molecule has 0 spiro atoms. The van der Waals surface area contributed by atoms with Crippen LogP contribution in [0.25, 0.3) is 16.9 Å². The Kier molecular flexibility index (Phi) is 7.28. The van der Waals surface area contributed by atoms with Crippen LogP contribution in [0.1, 0.15) is 42.9 Å². The number of aromatic nitrogens is 2. The van der Waals surface area contributed by atoms with E-state index in [1.807, 2.05) is 95.8 Å². The Labute approximate surface area is 223 Å². The third-order valence-corrected chi connectivity index (χ3v) is 6.82. The van der Waals surface area contributed by atoms with Crippen LogP contribution in [0.15, 0.2) is 101 Å². The van der Waals surface area contributed by atoms with Crippen LogP contribution in [0, 0.1) is 0 Å². The number of halogens is 1. The number of amides is 1. The molecule has 1 aliphatic rings. The molecule has 1 aromatic heterocycles. The summed E-state index contributed by atoms with van der Waals surface area (Å²) in [6, 6.07) is 27.2. The van der Waals surface area contributed by atoms with Crippen molar-refractivity contribution >= 4 is 33.5 Å². The van der Waals surface area contributed by atoms with E-state index in [4.69, 9.17) is 15.3 Å². The predicted molar refractivity (Wildman–Crippen MR) is 145 cm³/mol. The molecular weight excluding hydrogens is 532 g/mol. The second-order valence-corrected chi connectivity index (χ2v) is 9.75. The molecule has 5 rings (SSSR count). The van der Waals surface area contributed by atoms with E-state index in [9.17, 15) is 9.59 Å². The van der Waals surface area contributed by atoms with E-state index < -0.39 is 5.97 Å². The van der Waals surface area contributed by atoms with Crippen LogP contribution < -0.4 is 0 Å². The number of benzene rings is 3. The fourth-order valence-corrected chi connectivity index (χ4v) is 4.73. The highest BCUT2D eigenvalue weighted by Gasteiger charge is 2.36. The maximum atomic E-state index is 13.4. The maximum Gasteiger partial charge on any atom is 0.303 e. The van der Waals surface area contributed by atoms with Crippen LogP contribution in [-0.2, 0) is 9.59 Å². The van der Waals surface area contributed by atoms with Crippen LogP contribution in [0.2, 0.25) is 0 Å². The Morgan fingerprint density at radius 1 is 0.892 bits per heavy atom. The fraction of sp³-hybridized carbons (Fsp3) is 0.172. The molecule has 0 saturated heterocycles. The topological polar surface area (TPSA) is 87.8 Å². The van der Waals surface area contributed by atoms with Crippen LogP contribution in [0.4, 0.5) is 0 Å². The van der Waals surface area contributed by atoms with Gasteiger partial charge in [0.15, 0.2) is 0 Å². The molecule has 1 N–H and O–H groups in total. The molecule has 1 atom stereocenters. The number of para-hydroxylation sites is 1. The second kappa shape index (κ2) is 10.9. The standard InChI is InChI=1S/C29H25BrN4O3/c30-22-16-14-20(15-17-22)25-18-26(34(31-25)27(35)12-7-13-28(36)37)24-19-33(23-10-5-2-6-11-23)32-29(24)21-8-3-1-4-9-21/h1-6,8-11,14-17,19,26H,7,12-13,18H2,(H,36,37). The van der Waals surface area contributed by atoms with Crippen molar-refractivity contribution in [3.8, 4) is 16.9 Å². The number of nitrogens with zero attached hydrogens (tertiary/aromatic N) is 4. The molecule has 0 bridgehead atoms. The summed E-state index contributed by atoms with van der Waals surface area (Å²) in [4.78, 5) is 24.4. The molecule has 8 heteroatoms. The lowest BCUT2D eigenvalue weighted by atomic mass is 9.96. The van der Waals surface area contributed by atoms with Gasteiger partial charge in [0.05, 0.1) is 23.1 Å². The zero-order valence-corrected chi connectivity index (χ0v) is 21.6. The minimum atomic E-state index is -0.916. The van der Waals surface area contributed by atoms with Gasteiger partial charge in [-0.3, -0.25) is 9.59 Å². The van der Waals surface area contributed by atoms with E-state index in [2.05, 4.69) is 15.9 Å². The molecule has 4 aromatic rings. The number of hydrogen-bond donors (Lipinski definition) is 1. The lowest BCUT2D eigenvalue weighted by Crippen LogP contribution is -2.27. The van der Waals surface area contributed by atoms with Crippen molar-refractivity contribution in [2.75, 3.05) is 0 Å². The largest absolute Gasteiger partial charge is 0.481 e. The van der Waals surface area contributed by atoms with Gasteiger partial charge in [0.1, 0.15) is 0 Å². The smallest absolute Gasteiger partial charge is 0.303 e. The van der Waals surface area contributed by atoms with Crippen molar-refractivity contribution in [1.29, 1.82) is 0 Å². The van der Waals surface area contributed by atoms with Gasteiger partial charge in [-0.25, -0.2) is 9.69 Å². The summed E-state index contributed by atoms with van der Waals surface area (Å²) in [5, 5.41) is 20.3. The van der Waals surface area contributed by atoms with Gasteiger partial charge >= 0.3 is 5.97 Å². The molecule has 2 heterocycles. The van der Waals surface area contributed by atoms with E-state index in [-0.39, 0.29) is 31.2 Å². The highest BCUT2D eigenvalue weighted by atomic mass is 79.9. The normalized spacial score (nSPS) is 15.0. The molecule has 0 saturated carbocycles. The zero-order chi connectivity index (χ0) is 25.8. The Morgan fingerprint density at radius 3 is 2.24 bits per heavy atom. The van der Waals surface area contributed by atoms with Gasteiger partial charge in [-0.05, 0) is 36.2 Å². The van der Waals surface area contributed by atoms with Crippen molar-refractivity contribution in [1.82, 2.24) is 14.8 Å². The Morgan fingerprint density at radius 2 is 1.57 bits per heavy atom. The molecule has 1 unspecified atom stereocenters. The van der Waals surface area contributed by atoms with E-state index in [1.54, 1.807) is 0 Å². The van der Waals surface area contributed by atoms with Crippen LogP contribution in [-0.4, -0.2) is 37.5 Å². The van der Waals surface area contributed by atoms with Crippen LogP contribution >= 0.6 is 15.9 Å². The SMILES string of the molecule is O=C(O)CCCC(=O)N1N=C(c2ccc(Br)cc2)CC1c1cn(-c2ccccc2)nc1-c1ccccc1. The van der Waals surface area contributed by atoms with Gasteiger partial charge in [0, 0.05) is 41.1 Å². The molecule has 37 heavy (non-hydrogen) atoms. The average molecular weight is 557 g/mol. The van der Waals surface area contributed by atoms with Crippen molar-refractivity contribution in [2.45, 2.75) is 31.7 Å². The molecule has 0 fully saturated rings. The highest BCUT2D eigenvalue weighted by Crippen LogP contribution is 2.38. The molecule has 186 valence electrons. The number of carbonyl (C=O) groups excluding carboxylic acids is 1. The number of carboxylic acid groups (broad SMARTS) is 1. The van der Waals surface area contributed by atoms with E-state index in [1.165, 1.54) is 5.01 Å². The molecule has 1 aliphatic heterocycles. The summed E-state index contributed by atoms with van der Waals surface area (Å²) in [5.41, 5.74) is 5.27. The number of carboxylic acids is 1. The molecule has 7 nitrogen and oxygen atoms in total. The summed E-state index contributed by atoms with van der Waals surface area (Å²) in [6.07, 6.45) is 2.80. The van der Waals surface area contributed by atoms with Crippen molar-refractivity contribution in [2.24, 2.45) is 5.10 Å². The third kappa shape index (κ3) is 5.54. The van der Waals surface area contributed by atoms with E-state index >= 15 is 0 Å². The first-order valence-corrected chi connectivity index (χ1v) is 12.9. The molecular formula is C29H25BrN4O3. The van der Waals surface area contributed by atoms with Crippen molar-refractivity contribution in [3.63, 3.8) is 0 Å². The highest BCUT2D eigenvalue weighted by molar-refractivity contribution is 9.10. The van der Waals surface area contributed by atoms with Crippen LogP contribution in [0.5, 0.6) is 0 Å². The number of carbonyl (C=O) groups is 2. The third-order valence-electron chi connectivity index (χ3n) is 6.29. The number of hydrazone groups is 1. The lowest BCUT2D eigenvalue weighted by Gasteiger charge is -2.22. The van der Waals surface area contributed by atoms with Gasteiger partial charge in [0.25, 0.3) is 0 Å². The van der Waals surface area contributed by atoms with Crippen molar-refractivity contribution in [3.05, 3.63) is 107 Å². The fourth-order valence-electron chi connectivity index (χ4n) is 4.47. The minimum absolute atomic E-state index is 0.0608. The summed E-state index contributed by atoms with van der Waals surface area (Å²) in [7, 11) is 0. The molecule has 0 aliphatic carbocycles. The van der Waals surface area contributed by atoms with Gasteiger partial charge in [-0.15, -0.1) is 0 Å². The summed E-state index contributed by atoms with van der Waals surface area (Å²) in [5.74, 6) is -1.12. The monoisotopic (exact) mass is 556 g/mol. The molecule has 0 radical (unpaired) electrons. The first-order valence-electron chi connectivity index (χ1n) is 12.1. The van der Waals surface area contributed by atoms with E-state index in [0.29, 0.717) is 6.42 Å². The Hall–Kier alpha value is -4.04. The summed E-state index contributed by atoms with van der Waals surface area (Å²) in [6.45, 7) is 0. The lowest BCUT2D eigenvalue weighted by molar-refractivity contribution is -0.137. The van der Waals surface area contributed by atoms with Gasteiger partial charge in [-0.2, -0.15) is 10.2 Å². The van der Waals surface area contributed by atoms with Crippen molar-refractivity contribution < 1.29 is 14.7 Å². The second-order valence-electron chi connectivity index (χ2n) is 8.84. The summed E-state index contributed by atoms with van der Waals surface area (Å²) < 4.78 is 2.80. The average Bonchev–Trinajstić information content (AvgIpc) is 3.55. The molecule has 1 amide bonds. The number of rotatable bonds is 8. The first-order chi connectivity index (χ1) is 18.0. The Bertz CT molecular complexity index is 1430. The van der Waals surface area contributed by atoms with E-state index in [0.717, 1.165) is 38.3 Å². The van der Waals surface area contributed by atoms with Gasteiger partial charge in [-0.1, -0.05) is 76.6 Å². The quantitative estimate of drug-likeness (QED) is 0.278. The predicted octanol–water partition coefficient (Wildman–Crippen LogP) is 6.23. The van der Waals surface area contributed by atoms with Gasteiger partial charge in [0.2, 0.25) is 5.91 Å². The number of hydrogen-bond acceptors (Lipinski definition) is 4. The summed E-state index contributed by atoms with van der Waals surface area (Å²) >= 11 is 3.47. The first kappa shape index (κ1) is 24.6. The Balaban J connectivity index is 1.56. The maximum absolute atomic E-state index is 13.4. The zero-order valence-electron chi connectivity index (χ0n) is 20.0.